The summed E-state index contributed by atoms with van der Waals surface area (Å²) in [6.45, 7) is 7.52. The lowest BCUT2D eigenvalue weighted by Crippen LogP contribution is -2.47. The second-order valence-electron chi connectivity index (χ2n) is 6.08. The number of hydrogen-bond acceptors (Lipinski definition) is 3. The number of aryl methyl sites for hydroxylation is 2. The summed E-state index contributed by atoms with van der Waals surface area (Å²) in [5.74, 6) is 0.0385. The molecule has 1 N–H and O–H groups in total. The minimum absolute atomic E-state index is 0.0385. The number of carbonyl (C=O) groups excluding carboxylic acids is 1. The average molecular weight is 298 g/mol. The molecule has 0 unspecified atom stereocenters. The number of aromatic amines is 1. The fourth-order valence-corrected chi connectivity index (χ4v) is 2.85. The van der Waals surface area contributed by atoms with Crippen LogP contribution >= 0.6 is 0 Å². The lowest BCUT2D eigenvalue weighted by atomic mass is 10.0. The average Bonchev–Trinajstić information content (AvgIpc) is 2.97. The van der Waals surface area contributed by atoms with Gasteiger partial charge in [-0.1, -0.05) is 23.8 Å². The summed E-state index contributed by atoms with van der Waals surface area (Å²) >= 11 is 0. The van der Waals surface area contributed by atoms with Gasteiger partial charge < -0.3 is 9.80 Å². The monoisotopic (exact) mass is 298 g/mol. The van der Waals surface area contributed by atoms with Gasteiger partial charge in [0.15, 0.2) is 0 Å². The van der Waals surface area contributed by atoms with Crippen molar-refractivity contribution in [3.63, 3.8) is 0 Å². The van der Waals surface area contributed by atoms with Crippen LogP contribution in [0.3, 0.4) is 0 Å². The lowest BCUT2D eigenvalue weighted by Gasteiger charge is -2.32. The van der Waals surface area contributed by atoms with Crippen molar-refractivity contribution in [3.8, 4) is 11.3 Å². The first kappa shape index (κ1) is 14.8. The van der Waals surface area contributed by atoms with Crippen molar-refractivity contribution in [1.29, 1.82) is 0 Å². The normalized spacial score (nSPS) is 16.0. The third-order valence-electron chi connectivity index (χ3n) is 4.26. The Labute approximate surface area is 130 Å². The van der Waals surface area contributed by atoms with Crippen molar-refractivity contribution in [3.05, 3.63) is 41.1 Å². The Balaban J connectivity index is 1.80. The molecule has 0 radical (unpaired) electrons. The van der Waals surface area contributed by atoms with Gasteiger partial charge in [-0.3, -0.25) is 9.89 Å². The molecule has 5 nitrogen and oxygen atoms in total. The molecule has 1 fully saturated rings. The van der Waals surface area contributed by atoms with Crippen LogP contribution < -0.4 is 0 Å². The molecule has 1 aliphatic rings. The van der Waals surface area contributed by atoms with Crippen molar-refractivity contribution in [2.24, 2.45) is 0 Å². The first-order chi connectivity index (χ1) is 10.5. The van der Waals surface area contributed by atoms with Crippen LogP contribution in [0.25, 0.3) is 11.3 Å². The summed E-state index contributed by atoms with van der Waals surface area (Å²) in [6.07, 6.45) is 0. The zero-order valence-electron chi connectivity index (χ0n) is 13.4. The molecular formula is C17H22N4O. The minimum Gasteiger partial charge on any atom is -0.335 e. The number of rotatable bonds is 2. The largest absolute Gasteiger partial charge is 0.335 e. The van der Waals surface area contributed by atoms with E-state index < -0.39 is 0 Å². The van der Waals surface area contributed by atoms with Crippen LogP contribution in [-0.4, -0.2) is 59.1 Å². The molecule has 3 rings (SSSR count). The number of benzene rings is 1. The number of piperazine rings is 1. The van der Waals surface area contributed by atoms with E-state index in [2.05, 4.69) is 54.2 Å². The summed E-state index contributed by atoms with van der Waals surface area (Å²) in [7, 11) is 2.08. The maximum absolute atomic E-state index is 12.5. The zero-order chi connectivity index (χ0) is 15.7. The highest BCUT2D eigenvalue weighted by molar-refractivity contribution is 5.93. The number of nitrogens with zero attached hydrogens (tertiary/aromatic N) is 3. The molecule has 2 aromatic rings. The topological polar surface area (TPSA) is 52.2 Å². The molecule has 0 atom stereocenters. The van der Waals surface area contributed by atoms with Crippen LogP contribution in [0.5, 0.6) is 0 Å². The number of aromatic nitrogens is 2. The Kier molecular flexibility index (Phi) is 3.98. The van der Waals surface area contributed by atoms with Gasteiger partial charge in [0.2, 0.25) is 0 Å². The Morgan fingerprint density at radius 1 is 1.14 bits per heavy atom. The number of amides is 1. The van der Waals surface area contributed by atoms with Gasteiger partial charge in [-0.05, 0) is 32.5 Å². The van der Waals surface area contributed by atoms with E-state index >= 15 is 0 Å². The smallest absolute Gasteiger partial charge is 0.271 e. The molecule has 1 aliphatic heterocycles. The Morgan fingerprint density at radius 2 is 1.86 bits per heavy atom. The highest BCUT2D eigenvalue weighted by atomic mass is 16.2. The fraction of sp³-hybridized carbons (Fsp3) is 0.412. The van der Waals surface area contributed by atoms with Crippen LogP contribution in [0.2, 0.25) is 0 Å². The van der Waals surface area contributed by atoms with Gasteiger partial charge in [-0.2, -0.15) is 5.10 Å². The quantitative estimate of drug-likeness (QED) is 0.923. The second-order valence-corrected chi connectivity index (χ2v) is 6.08. The van der Waals surface area contributed by atoms with Crippen molar-refractivity contribution in [2.75, 3.05) is 33.2 Å². The predicted molar refractivity (Wildman–Crippen MR) is 86.9 cm³/mol. The molecule has 1 saturated heterocycles. The molecule has 22 heavy (non-hydrogen) atoms. The van der Waals surface area contributed by atoms with Crippen LogP contribution in [0.4, 0.5) is 0 Å². The Morgan fingerprint density at radius 3 is 2.55 bits per heavy atom. The maximum atomic E-state index is 12.5. The molecule has 1 aromatic heterocycles. The van der Waals surface area contributed by atoms with E-state index in [1.165, 1.54) is 11.1 Å². The molecule has 0 aliphatic carbocycles. The number of carbonyl (C=O) groups is 1. The van der Waals surface area contributed by atoms with Crippen LogP contribution in [-0.2, 0) is 0 Å². The van der Waals surface area contributed by atoms with Crippen LogP contribution in [0.15, 0.2) is 24.3 Å². The third kappa shape index (κ3) is 2.90. The van der Waals surface area contributed by atoms with E-state index in [1.54, 1.807) is 0 Å². The molecule has 2 heterocycles. The lowest BCUT2D eigenvalue weighted by molar-refractivity contribution is 0.0658. The Hall–Kier alpha value is -2.14. The summed E-state index contributed by atoms with van der Waals surface area (Å²) < 4.78 is 0. The molecule has 0 saturated carbocycles. The van der Waals surface area contributed by atoms with E-state index in [0.717, 1.165) is 37.4 Å². The summed E-state index contributed by atoms with van der Waals surface area (Å²) in [5.41, 5.74) is 4.87. The number of hydrogen-bond donors (Lipinski definition) is 1. The first-order valence-corrected chi connectivity index (χ1v) is 7.65. The third-order valence-corrected chi connectivity index (χ3v) is 4.26. The molecule has 5 heteroatoms. The summed E-state index contributed by atoms with van der Waals surface area (Å²) in [5, 5.41) is 7.22. The maximum Gasteiger partial charge on any atom is 0.271 e. The van der Waals surface area contributed by atoms with Gasteiger partial charge >= 0.3 is 0 Å². The Bertz CT molecular complexity index is 684. The molecule has 1 amide bonds. The van der Waals surface area contributed by atoms with Gasteiger partial charge in [-0.15, -0.1) is 0 Å². The first-order valence-electron chi connectivity index (χ1n) is 7.65. The van der Waals surface area contributed by atoms with Crippen molar-refractivity contribution in [2.45, 2.75) is 13.8 Å². The summed E-state index contributed by atoms with van der Waals surface area (Å²) in [4.78, 5) is 16.6. The van der Waals surface area contributed by atoms with Crippen molar-refractivity contribution in [1.82, 2.24) is 20.0 Å². The van der Waals surface area contributed by atoms with Crippen LogP contribution in [0, 0.1) is 13.8 Å². The molecular weight excluding hydrogens is 276 g/mol. The minimum atomic E-state index is 0.0385. The molecule has 0 spiro atoms. The van der Waals surface area contributed by atoms with Gasteiger partial charge in [-0.25, -0.2) is 0 Å². The SMILES string of the molecule is Cc1ccc(-c2cc(C(=O)N3CCN(C)CC3)[nH]n2)c(C)c1. The van der Waals surface area contributed by atoms with Crippen LogP contribution in [0.1, 0.15) is 21.6 Å². The standard InChI is InChI=1S/C17H22N4O/c1-12-4-5-14(13(2)10-12)15-11-16(19-18-15)17(22)21-8-6-20(3)7-9-21/h4-5,10-11H,6-9H2,1-3H3,(H,18,19). The van der Waals surface area contributed by atoms with Gasteiger partial charge in [0.05, 0.1) is 5.69 Å². The highest BCUT2D eigenvalue weighted by Gasteiger charge is 2.22. The predicted octanol–water partition coefficient (Wildman–Crippen LogP) is 2.08. The molecule has 1 aromatic carbocycles. The van der Waals surface area contributed by atoms with E-state index in [0.29, 0.717) is 5.69 Å². The van der Waals surface area contributed by atoms with E-state index in [1.807, 2.05) is 11.0 Å². The second kappa shape index (κ2) is 5.93. The molecule has 0 bridgehead atoms. The number of likely N-dealkylation sites (N-methyl/N-ethyl adjacent to an activating group) is 1. The number of H-pyrrole nitrogens is 1. The van der Waals surface area contributed by atoms with Crippen molar-refractivity contribution < 1.29 is 4.79 Å². The van der Waals surface area contributed by atoms with Gasteiger partial charge in [0.1, 0.15) is 5.69 Å². The highest BCUT2D eigenvalue weighted by Crippen LogP contribution is 2.23. The fourth-order valence-electron chi connectivity index (χ4n) is 2.85. The van der Waals surface area contributed by atoms with Gasteiger partial charge in [0.25, 0.3) is 5.91 Å². The summed E-state index contributed by atoms with van der Waals surface area (Å²) in [6, 6.07) is 8.12. The van der Waals surface area contributed by atoms with E-state index in [-0.39, 0.29) is 5.91 Å². The molecule has 116 valence electrons. The van der Waals surface area contributed by atoms with Crippen molar-refractivity contribution >= 4 is 5.91 Å². The number of nitrogens with one attached hydrogen (secondary N) is 1. The van der Waals surface area contributed by atoms with Gasteiger partial charge in [0, 0.05) is 31.7 Å². The van der Waals surface area contributed by atoms with E-state index in [4.69, 9.17) is 0 Å². The zero-order valence-corrected chi connectivity index (χ0v) is 13.4. The van der Waals surface area contributed by atoms with E-state index in [9.17, 15) is 4.79 Å².